The van der Waals surface area contributed by atoms with Crippen LogP contribution in [-0.4, -0.2) is 14.2 Å². The first-order valence-corrected chi connectivity index (χ1v) is 6.20. The first-order chi connectivity index (χ1) is 8.74. The zero-order valence-corrected chi connectivity index (χ0v) is 11.3. The average Bonchev–Trinajstić information content (AvgIpc) is 2.41. The molecular weight excluding hydrogens is 246 g/mol. The van der Waals surface area contributed by atoms with Crippen LogP contribution >= 0.6 is 11.6 Å². The van der Waals surface area contributed by atoms with Crippen molar-refractivity contribution in [3.8, 4) is 16.9 Å². The highest BCUT2D eigenvalue weighted by atomic mass is 35.5. The summed E-state index contributed by atoms with van der Waals surface area (Å²) in [6.45, 7) is 0.818. The van der Waals surface area contributed by atoms with Crippen molar-refractivity contribution < 1.29 is 4.74 Å². The van der Waals surface area contributed by atoms with Gasteiger partial charge in [-0.3, -0.25) is 0 Å². The fraction of sp³-hybridized carbons (Fsp3) is 0.200. The lowest BCUT2D eigenvalue weighted by atomic mass is 9.99. The van der Waals surface area contributed by atoms with E-state index < -0.39 is 0 Å². The predicted molar refractivity (Wildman–Crippen MR) is 76.2 cm³/mol. The zero-order valence-electron chi connectivity index (χ0n) is 10.5. The molecule has 94 valence electrons. The summed E-state index contributed by atoms with van der Waals surface area (Å²) >= 11 is 6.08. The van der Waals surface area contributed by atoms with Gasteiger partial charge in [-0.05, 0) is 48.0 Å². The summed E-state index contributed by atoms with van der Waals surface area (Å²) in [7, 11) is 3.60. The van der Waals surface area contributed by atoms with E-state index in [0.717, 1.165) is 28.4 Å². The zero-order chi connectivity index (χ0) is 13.0. The summed E-state index contributed by atoms with van der Waals surface area (Å²) in [6.07, 6.45) is 0. The highest BCUT2D eigenvalue weighted by Gasteiger charge is 2.05. The molecular formula is C15H16ClNO. The SMILES string of the molecule is CNCc1ccc(Cl)cc1-c1ccc(OC)cc1. The van der Waals surface area contributed by atoms with E-state index in [9.17, 15) is 0 Å². The van der Waals surface area contributed by atoms with Gasteiger partial charge in [0.2, 0.25) is 0 Å². The average molecular weight is 262 g/mol. The largest absolute Gasteiger partial charge is 0.497 e. The van der Waals surface area contributed by atoms with Gasteiger partial charge < -0.3 is 10.1 Å². The Hall–Kier alpha value is -1.51. The second kappa shape index (κ2) is 5.89. The molecule has 0 spiro atoms. The molecule has 0 saturated heterocycles. The number of halogens is 1. The number of ether oxygens (including phenoxy) is 1. The third-order valence-corrected chi connectivity index (χ3v) is 3.08. The van der Waals surface area contributed by atoms with Gasteiger partial charge in [0, 0.05) is 11.6 Å². The molecule has 0 aliphatic rings. The van der Waals surface area contributed by atoms with Crippen LogP contribution in [-0.2, 0) is 6.54 Å². The topological polar surface area (TPSA) is 21.3 Å². The minimum atomic E-state index is 0.751. The van der Waals surface area contributed by atoms with Gasteiger partial charge in [-0.25, -0.2) is 0 Å². The Bertz CT molecular complexity index is 523. The third-order valence-electron chi connectivity index (χ3n) is 2.84. The standard InChI is InChI=1S/C15H16ClNO/c1-17-10-12-3-6-13(16)9-15(12)11-4-7-14(18-2)8-5-11/h3-9,17H,10H2,1-2H3. The fourth-order valence-electron chi connectivity index (χ4n) is 1.93. The van der Waals surface area contributed by atoms with Crippen molar-refractivity contribution in [2.75, 3.05) is 14.2 Å². The molecule has 0 bridgehead atoms. The maximum absolute atomic E-state index is 6.08. The van der Waals surface area contributed by atoms with Gasteiger partial charge in [0.05, 0.1) is 7.11 Å². The van der Waals surface area contributed by atoms with Crippen LogP contribution in [0.2, 0.25) is 5.02 Å². The lowest BCUT2D eigenvalue weighted by molar-refractivity contribution is 0.415. The number of methoxy groups -OCH3 is 1. The van der Waals surface area contributed by atoms with Crippen LogP contribution in [0.3, 0.4) is 0 Å². The highest BCUT2D eigenvalue weighted by Crippen LogP contribution is 2.28. The Balaban J connectivity index is 2.43. The quantitative estimate of drug-likeness (QED) is 0.905. The van der Waals surface area contributed by atoms with Crippen LogP contribution < -0.4 is 10.1 Å². The Morgan fingerprint density at radius 3 is 2.44 bits per heavy atom. The molecule has 0 aliphatic carbocycles. The van der Waals surface area contributed by atoms with Crippen LogP contribution in [0.25, 0.3) is 11.1 Å². The molecule has 2 nitrogen and oxygen atoms in total. The lowest BCUT2D eigenvalue weighted by Crippen LogP contribution is -2.06. The third kappa shape index (κ3) is 2.84. The smallest absolute Gasteiger partial charge is 0.118 e. The Morgan fingerprint density at radius 1 is 1.11 bits per heavy atom. The molecule has 0 aliphatic heterocycles. The van der Waals surface area contributed by atoms with Crippen molar-refractivity contribution in [1.82, 2.24) is 5.32 Å². The van der Waals surface area contributed by atoms with Crippen LogP contribution in [0, 0.1) is 0 Å². The second-order valence-corrected chi connectivity index (χ2v) is 4.50. The van der Waals surface area contributed by atoms with E-state index in [2.05, 4.69) is 11.4 Å². The fourth-order valence-corrected chi connectivity index (χ4v) is 2.10. The van der Waals surface area contributed by atoms with Gasteiger partial charge in [-0.2, -0.15) is 0 Å². The summed E-state index contributed by atoms with van der Waals surface area (Å²) in [5.74, 6) is 0.857. The van der Waals surface area contributed by atoms with Gasteiger partial charge in [-0.1, -0.05) is 29.8 Å². The van der Waals surface area contributed by atoms with Crippen molar-refractivity contribution in [2.45, 2.75) is 6.54 Å². The Morgan fingerprint density at radius 2 is 1.83 bits per heavy atom. The van der Waals surface area contributed by atoms with E-state index in [1.165, 1.54) is 5.56 Å². The van der Waals surface area contributed by atoms with E-state index in [1.807, 2.05) is 43.4 Å². The molecule has 1 N–H and O–H groups in total. The molecule has 0 atom stereocenters. The molecule has 0 fully saturated rings. The van der Waals surface area contributed by atoms with Crippen LogP contribution in [0.1, 0.15) is 5.56 Å². The number of rotatable bonds is 4. The molecule has 2 aromatic carbocycles. The minimum absolute atomic E-state index is 0.751. The number of benzene rings is 2. The van der Waals surface area contributed by atoms with E-state index in [0.29, 0.717) is 0 Å². The first kappa shape index (κ1) is 12.9. The lowest BCUT2D eigenvalue weighted by Gasteiger charge is -2.10. The monoisotopic (exact) mass is 261 g/mol. The number of hydrogen-bond donors (Lipinski definition) is 1. The second-order valence-electron chi connectivity index (χ2n) is 4.06. The van der Waals surface area contributed by atoms with E-state index in [-0.39, 0.29) is 0 Å². The van der Waals surface area contributed by atoms with Gasteiger partial charge >= 0.3 is 0 Å². The summed E-state index contributed by atoms with van der Waals surface area (Å²) < 4.78 is 5.17. The van der Waals surface area contributed by atoms with Crippen LogP contribution in [0.15, 0.2) is 42.5 Å². The molecule has 0 radical (unpaired) electrons. The van der Waals surface area contributed by atoms with Crippen LogP contribution in [0.4, 0.5) is 0 Å². The molecule has 2 aromatic rings. The normalized spacial score (nSPS) is 10.4. The number of nitrogens with one attached hydrogen (secondary N) is 1. The summed E-state index contributed by atoms with van der Waals surface area (Å²) in [6, 6.07) is 14.0. The Kier molecular flexibility index (Phi) is 4.24. The van der Waals surface area contributed by atoms with Gasteiger partial charge in [0.1, 0.15) is 5.75 Å². The molecule has 18 heavy (non-hydrogen) atoms. The molecule has 0 heterocycles. The number of hydrogen-bond acceptors (Lipinski definition) is 2. The minimum Gasteiger partial charge on any atom is -0.497 e. The molecule has 2 rings (SSSR count). The first-order valence-electron chi connectivity index (χ1n) is 5.82. The molecule has 3 heteroatoms. The maximum atomic E-state index is 6.08. The van der Waals surface area contributed by atoms with Gasteiger partial charge in [0.15, 0.2) is 0 Å². The van der Waals surface area contributed by atoms with Crippen molar-refractivity contribution >= 4 is 11.6 Å². The maximum Gasteiger partial charge on any atom is 0.118 e. The van der Waals surface area contributed by atoms with Crippen molar-refractivity contribution in [2.24, 2.45) is 0 Å². The molecule has 0 aromatic heterocycles. The van der Waals surface area contributed by atoms with Crippen LogP contribution in [0.5, 0.6) is 5.75 Å². The summed E-state index contributed by atoms with van der Waals surface area (Å²) in [5, 5.41) is 3.92. The van der Waals surface area contributed by atoms with E-state index in [1.54, 1.807) is 7.11 Å². The van der Waals surface area contributed by atoms with Crippen molar-refractivity contribution in [1.29, 1.82) is 0 Å². The predicted octanol–water partition coefficient (Wildman–Crippen LogP) is 3.74. The highest BCUT2D eigenvalue weighted by molar-refractivity contribution is 6.30. The Labute approximate surface area is 113 Å². The van der Waals surface area contributed by atoms with Gasteiger partial charge in [0.25, 0.3) is 0 Å². The summed E-state index contributed by atoms with van der Waals surface area (Å²) in [4.78, 5) is 0. The van der Waals surface area contributed by atoms with Gasteiger partial charge in [-0.15, -0.1) is 0 Å². The van der Waals surface area contributed by atoms with Crippen molar-refractivity contribution in [3.05, 3.63) is 53.1 Å². The van der Waals surface area contributed by atoms with E-state index in [4.69, 9.17) is 16.3 Å². The molecule has 0 saturated carbocycles. The van der Waals surface area contributed by atoms with Crippen molar-refractivity contribution in [3.63, 3.8) is 0 Å². The molecule has 0 amide bonds. The molecule has 0 unspecified atom stereocenters. The summed E-state index contributed by atoms with van der Waals surface area (Å²) in [5.41, 5.74) is 3.52. The van der Waals surface area contributed by atoms with E-state index >= 15 is 0 Å².